The zero-order valence-electron chi connectivity index (χ0n) is 7.01. The van der Waals surface area contributed by atoms with Crippen LogP contribution < -0.4 is 0 Å². The van der Waals surface area contributed by atoms with Crippen LogP contribution in [0.2, 0.25) is 0 Å². The van der Waals surface area contributed by atoms with Gasteiger partial charge in [0.25, 0.3) is 0 Å². The Kier molecular flexibility index (Phi) is 3.95. The van der Waals surface area contributed by atoms with E-state index in [0.717, 1.165) is 0 Å². The van der Waals surface area contributed by atoms with Crippen molar-refractivity contribution in [1.82, 2.24) is 4.98 Å². The number of aromatic nitrogens is 1. The van der Waals surface area contributed by atoms with Crippen LogP contribution in [0.5, 0.6) is 5.75 Å². The Hall–Kier alpha value is -1.02. The summed E-state index contributed by atoms with van der Waals surface area (Å²) in [6.45, 7) is 0. The van der Waals surface area contributed by atoms with Crippen molar-refractivity contribution >= 4 is 33.9 Å². The topological polar surface area (TPSA) is 50.2 Å². The molecule has 2 aromatic rings. The first-order valence-electron chi connectivity index (χ1n) is 3.69. The SMILES string of the molecule is Oc1ccc(F)c2cccnc12.[O]=[Sb]. The fraction of sp³-hybridized carbons (Fsp3) is 0. The van der Waals surface area contributed by atoms with Gasteiger partial charge in [0.2, 0.25) is 0 Å². The van der Waals surface area contributed by atoms with Crippen LogP contribution in [0.15, 0.2) is 30.5 Å². The Bertz CT molecular complexity index is 409. The molecular weight excluding hydrogens is 295 g/mol. The number of benzene rings is 1. The summed E-state index contributed by atoms with van der Waals surface area (Å²) >= 11 is 0.500. The van der Waals surface area contributed by atoms with E-state index in [4.69, 9.17) is 3.02 Å². The van der Waals surface area contributed by atoms with Gasteiger partial charge in [-0.15, -0.1) is 0 Å². The fourth-order valence-corrected chi connectivity index (χ4v) is 1.12. The van der Waals surface area contributed by atoms with Crippen LogP contribution >= 0.6 is 0 Å². The Morgan fingerprint density at radius 3 is 2.64 bits per heavy atom. The summed E-state index contributed by atoms with van der Waals surface area (Å²) in [6, 6.07) is 5.73. The first-order chi connectivity index (χ1) is 6.79. The summed E-state index contributed by atoms with van der Waals surface area (Å²) in [5.74, 6) is -0.358. The number of phenolic OH excluding ortho intramolecular Hbond substituents is 1. The number of pyridine rings is 1. The Balaban J connectivity index is 0.000000461. The quantitative estimate of drug-likeness (QED) is 0.752. The molecule has 1 aromatic carbocycles. The van der Waals surface area contributed by atoms with Gasteiger partial charge in [0.15, 0.2) is 0 Å². The molecule has 0 amide bonds. The first kappa shape index (κ1) is 11.1. The summed E-state index contributed by atoms with van der Waals surface area (Å²) in [5.41, 5.74) is 0.303. The minimum absolute atomic E-state index is 0.00648. The van der Waals surface area contributed by atoms with Crippen LogP contribution in [0.25, 0.3) is 10.9 Å². The van der Waals surface area contributed by atoms with Gasteiger partial charge < -0.3 is 5.11 Å². The molecule has 1 radical (unpaired) electrons. The van der Waals surface area contributed by atoms with E-state index < -0.39 is 0 Å². The van der Waals surface area contributed by atoms with E-state index >= 15 is 0 Å². The predicted octanol–water partition coefficient (Wildman–Crippen LogP) is 1.58. The van der Waals surface area contributed by atoms with E-state index in [1.807, 2.05) is 0 Å². The van der Waals surface area contributed by atoms with Crippen molar-refractivity contribution in [2.24, 2.45) is 0 Å². The molecule has 1 aromatic heterocycles. The summed E-state index contributed by atoms with van der Waals surface area (Å²) in [6.07, 6.45) is 1.52. The van der Waals surface area contributed by atoms with Gasteiger partial charge in [0.1, 0.15) is 17.1 Å². The molecule has 0 atom stereocenters. The van der Waals surface area contributed by atoms with Crippen molar-refractivity contribution in [3.05, 3.63) is 36.3 Å². The van der Waals surface area contributed by atoms with Gasteiger partial charge >= 0.3 is 26.0 Å². The van der Waals surface area contributed by atoms with Gasteiger partial charge in [-0.1, -0.05) is 0 Å². The molecule has 0 fully saturated rings. The third-order valence-electron chi connectivity index (χ3n) is 1.70. The number of aromatic hydroxyl groups is 1. The second kappa shape index (κ2) is 5.01. The third-order valence-corrected chi connectivity index (χ3v) is 1.70. The van der Waals surface area contributed by atoms with Crippen molar-refractivity contribution < 1.29 is 12.5 Å². The fourth-order valence-electron chi connectivity index (χ4n) is 1.12. The number of nitrogens with zero attached hydrogens (tertiary/aromatic N) is 1. The molecule has 2 rings (SSSR count). The molecule has 1 heterocycles. The first-order valence-corrected chi connectivity index (χ1v) is 4.74. The molecule has 0 saturated carbocycles. The number of hydrogen-bond donors (Lipinski definition) is 1. The minimum atomic E-state index is -0.365. The van der Waals surface area contributed by atoms with E-state index in [1.165, 1.54) is 18.3 Å². The molecule has 0 bridgehead atoms. The Labute approximate surface area is 93.5 Å². The number of rotatable bonds is 0. The van der Waals surface area contributed by atoms with Crippen molar-refractivity contribution in [3.63, 3.8) is 0 Å². The summed E-state index contributed by atoms with van der Waals surface area (Å²) < 4.78 is 21.3. The summed E-state index contributed by atoms with van der Waals surface area (Å²) in [7, 11) is 0. The van der Waals surface area contributed by atoms with Gasteiger partial charge in [-0.2, -0.15) is 0 Å². The monoisotopic (exact) mass is 300 g/mol. The van der Waals surface area contributed by atoms with Crippen LogP contribution in [0, 0.1) is 5.82 Å². The zero-order valence-corrected chi connectivity index (χ0v) is 9.57. The summed E-state index contributed by atoms with van der Waals surface area (Å²) in [5, 5.41) is 9.61. The van der Waals surface area contributed by atoms with Crippen molar-refractivity contribution in [2.45, 2.75) is 0 Å². The average molecular weight is 301 g/mol. The molecule has 14 heavy (non-hydrogen) atoms. The average Bonchev–Trinajstić information content (AvgIpc) is 2.27. The molecule has 0 unspecified atom stereocenters. The maximum atomic E-state index is 13.0. The molecule has 5 heteroatoms. The number of halogens is 1. The van der Waals surface area contributed by atoms with Crippen LogP contribution in [-0.2, 0) is 3.02 Å². The number of phenols is 1. The predicted molar refractivity (Wildman–Crippen MR) is 49.8 cm³/mol. The van der Waals surface area contributed by atoms with Crippen LogP contribution in [-0.4, -0.2) is 33.1 Å². The van der Waals surface area contributed by atoms with Crippen LogP contribution in [0.4, 0.5) is 4.39 Å². The Morgan fingerprint density at radius 1 is 1.29 bits per heavy atom. The molecule has 0 aliphatic rings. The normalized spacial score (nSPS) is 9.21. The van der Waals surface area contributed by atoms with E-state index in [9.17, 15) is 9.50 Å². The van der Waals surface area contributed by atoms with Crippen LogP contribution in [0.1, 0.15) is 0 Å². The van der Waals surface area contributed by atoms with Crippen LogP contribution in [0.3, 0.4) is 0 Å². The second-order valence-corrected chi connectivity index (χ2v) is 2.47. The number of hydrogen-bond acceptors (Lipinski definition) is 3. The van der Waals surface area contributed by atoms with Gasteiger partial charge in [-0.3, -0.25) is 4.98 Å². The standard InChI is InChI=1S/C9H6FNO.O.Sb/c10-7-3-4-8(12)9-6(7)2-1-5-11-9;;/h1-5,12H;;. The van der Waals surface area contributed by atoms with E-state index in [1.54, 1.807) is 12.1 Å². The molecule has 1 N–H and O–H groups in total. The van der Waals surface area contributed by atoms with Crippen molar-refractivity contribution in [1.29, 1.82) is 0 Å². The van der Waals surface area contributed by atoms with Gasteiger partial charge in [-0.05, 0) is 24.3 Å². The third kappa shape index (κ3) is 2.07. The zero-order chi connectivity index (χ0) is 10.6. The van der Waals surface area contributed by atoms with E-state index in [2.05, 4.69) is 4.98 Å². The van der Waals surface area contributed by atoms with E-state index in [-0.39, 0.29) is 11.6 Å². The Morgan fingerprint density at radius 2 is 2.00 bits per heavy atom. The molecule has 0 saturated heterocycles. The summed E-state index contributed by atoms with van der Waals surface area (Å²) in [4.78, 5) is 3.85. The van der Waals surface area contributed by atoms with Gasteiger partial charge in [0.05, 0.1) is 0 Å². The van der Waals surface area contributed by atoms with E-state index in [0.29, 0.717) is 33.9 Å². The molecule has 71 valence electrons. The van der Waals surface area contributed by atoms with Crippen molar-refractivity contribution in [3.8, 4) is 5.75 Å². The maximum absolute atomic E-state index is 13.0. The molecular formula is C9H6FNO2Sb. The second-order valence-electron chi connectivity index (χ2n) is 2.47. The number of fused-ring (bicyclic) bond motifs is 1. The molecule has 0 aliphatic carbocycles. The van der Waals surface area contributed by atoms with Gasteiger partial charge in [-0.25, -0.2) is 4.39 Å². The molecule has 3 nitrogen and oxygen atoms in total. The van der Waals surface area contributed by atoms with Crippen molar-refractivity contribution in [2.75, 3.05) is 0 Å². The van der Waals surface area contributed by atoms with Gasteiger partial charge in [0, 0.05) is 11.6 Å². The molecule has 0 spiro atoms. The molecule has 0 aliphatic heterocycles.